The summed E-state index contributed by atoms with van der Waals surface area (Å²) in [5, 5.41) is 0. The molecular weight excluding hydrogens is 184 g/mol. The first kappa shape index (κ1) is 13.1. The third-order valence-electron chi connectivity index (χ3n) is 2.13. The Labute approximate surface area is 82.6 Å². The molecule has 0 heterocycles. The zero-order valence-corrected chi connectivity index (χ0v) is 10.3. The van der Waals surface area contributed by atoms with Crippen LogP contribution < -0.4 is 0 Å². The molecule has 0 bridgehead atoms. The molecule has 0 N–H and O–H groups in total. The van der Waals surface area contributed by atoms with Crippen LogP contribution >= 0.6 is 0 Å². The van der Waals surface area contributed by atoms with Crippen molar-refractivity contribution >= 4 is 8.56 Å². The van der Waals surface area contributed by atoms with Crippen LogP contribution in [0.4, 0.5) is 0 Å². The van der Waals surface area contributed by atoms with Crippen LogP contribution in [0.3, 0.4) is 0 Å². The molecule has 0 unspecified atom stereocenters. The van der Waals surface area contributed by atoms with Gasteiger partial charge in [0.2, 0.25) is 0 Å². The zero-order chi connectivity index (χ0) is 10.2. The lowest BCUT2D eigenvalue weighted by atomic mass is 10.5. The first-order valence-corrected chi connectivity index (χ1v) is 7.39. The second-order valence-electron chi connectivity index (χ2n) is 3.26. The van der Waals surface area contributed by atoms with E-state index in [9.17, 15) is 0 Å². The monoisotopic (exact) mass is 206 g/mol. The lowest BCUT2D eigenvalue weighted by molar-refractivity contribution is 0.132. The van der Waals surface area contributed by atoms with Crippen LogP contribution in [0.1, 0.15) is 19.8 Å². The van der Waals surface area contributed by atoms with Gasteiger partial charge in [0.25, 0.3) is 0 Å². The van der Waals surface area contributed by atoms with Crippen LogP contribution in [-0.4, -0.2) is 36.0 Å². The summed E-state index contributed by atoms with van der Waals surface area (Å²) >= 11 is 0. The van der Waals surface area contributed by atoms with Crippen molar-refractivity contribution in [3.63, 3.8) is 0 Å². The van der Waals surface area contributed by atoms with Gasteiger partial charge in [0.1, 0.15) is 0 Å². The van der Waals surface area contributed by atoms with Gasteiger partial charge in [-0.3, -0.25) is 0 Å². The van der Waals surface area contributed by atoms with E-state index in [0.717, 1.165) is 32.1 Å². The summed E-state index contributed by atoms with van der Waals surface area (Å²) in [5.41, 5.74) is 0. The SMILES string of the molecule is CCCOCCC[Si](C)(OC)OC. The summed E-state index contributed by atoms with van der Waals surface area (Å²) < 4.78 is 16.1. The van der Waals surface area contributed by atoms with Gasteiger partial charge in [-0.25, -0.2) is 0 Å². The molecule has 0 aliphatic heterocycles. The Kier molecular flexibility index (Phi) is 7.55. The van der Waals surface area contributed by atoms with Gasteiger partial charge in [-0.15, -0.1) is 0 Å². The first-order valence-electron chi connectivity index (χ1n) is 4.86. The standard InChI is InChI=1S/C9H22O3Si/c1-5-7-12-8-6-9-13(4,10-2)11-3/h5-9H2,1-4H3. The molecule has 0 saturated carbocycles. The van der Waals surface area contributed by atoms with Crippen molar-refractivity contribution in [3.8, 4) is 0 Å². The van der Waals surface area contributed by atoms with E-state index in [0.29, 0.717) is 0 Å². The van der Waals surface area contributed by atoms with Crippen LogP contribution in [0.5, 0.6) is 0 Å². The second kappa shape index (κ2) is 7.50. The van der Waals surface area contributed by atoms with Gasteiger partial charge >= 0.3 is 8.56 Å². The third-order valence-corrected chi connectivity index (χ3v) is 5.12. The highest BCUT2D eigenvalue weighted by atomic mass is 28.4. The molecule has 0 saturated heterocycles. The Hall–Kier alpha value is 0.0969. The summed E-state index contributed by atoms with van der Waals surface area (Å²) in [5.74, 6) is 0. The van der Waals surface area contributed by atoms with Crippen molar-refractivity contribution < 1.29 is 13.6 Å². The Morgan fingerprint density at radius 2 is 1.69 bits per heavy atom. The summed E-state index contributed by atoms with van der Waals surface area (Å²) in [6, 6.07) is 1.00. The Morgan fingerprint density at radius 3 is 2.15 bits per heavy atom. The van der Waals surface area contributed by atoms with Gasteiger partial charge in [0, 0.05) is 27.4 Å². The van der Waals surface area contributed by atoms with Crippen molar-refractivity contribution in [2.75, 3.05) is 27.4 Å². The van der Waals surface area contributed by atoms with Gasteiger partial charge in [-0.1, -0.05) is 6.92 Å². The molecule has 0 spiro atoms. The van der Waals surface area contributed by atoms with E-state index in [1.807, 2.05) is 0 Å². The van der Waals surface area contributed by atoms with E-state index in [4.69, 9.17) is 13.6 Å². The van der Waals surface area contributed by atoms with Gasteiger partial charge in [-0.05, 0) is 25.4 Å². The van der Waals surface area contributed by atoms with Crippen LogP contribution in [0.2, 0.25) is 12.6 Å². The fourth-order valence-electron chi connectivity index (χ4n) is 1.03. The van der Waals surface area contributed by atoms with Gasteiger partial charge in [0.15, 0.2) is 0 Å². The second-order valence-corrected chi connectivity index (χ2v) is 6.84. The number of ether oxygens (including phenoxy) is 1. The van der Waals surface area contributed by atoms with Crippen LogP contribution in [0.15, 0.2) is 0 Å². The highest BCUT2D eigenvalue weighted by Gasteiger charge is 2.27. The van der Waals surface area contributed by atoms with E-state index < -0.39 is 8.56 Å². The highest BCUT2D eigenvalue weighted by Crippen LogP contribution is 2.13. The topological polar surface area (TPSA) is 27.7 Å². The maximum atomic E-state index is 5.38. The molecule has 0 amide bonds. The molecule has 0 aromatic rings. The smallest absolute Gasteiger partial charge is 0.334 e. The van der Waals surface area contributed by atoms with Gasteiger partial charge in [-0.2, -0.15) is 0 Å². The quantitative estimate of drug-likeness (QED) is 0.450. The fourth-order valence-corrected chi connectivity index (χ4v) is 2.39. The maximum Gasteiger partial charge on any atom is 0.334 e. The minimum absolute atomic E-state index is 0.823. The number of rotatable bonds is 8. The van der Waals surface area contributed by atoms with E-state index in [-0.39, 0.29) is 0 Å². The molecule has 0 aromatic heterocycles. The molecule has 0 rings (SSSR count). The number of hydrogen-bond acceptors (Lipinski definition) is 3. The first-order chi connectivity index (χ1) is 6.18. The summed E-state index contributed by atoms with van der Waals surface area (Å²) in [7, 11) is 1.61. The molecule has 0 radical (unpaired) electrons. The Balaban J connectivity index is 3.39. The lowest BCUT2D eigenvalue weighted by Crippen LogP contribution is -2.36. The predicted octanol–water partition coefficient (Wildman–Crippen LogP) is 2.17. The van der Waals surface area contributed by atoms with Crippen LogP contribution in [0.25, 0.3) is 0 Å². The molecule has 80 valence electrons. The summed E-state index contributed by atoms with van der Waals surface area (Å²) in [4.78, 5) is 0. The lowest BCUT2D eigenvalue weighted by Gasteiger charge is -2.22. The van der Waals surface area contributed by atoms with Crippen LogP contribution in [0, 0.1) is 0 Å². The molecule has 0 aliphatic rings. The van der Waals surface area contributed by atoms with Crippen molar-refractivity contribution in [2.45, 2.75) is 32.4 Å². The summed E-state index contributed by atoms with van der Waals surface area (Å²) in [6.07, 6.45) is 2.12. The Bertz CT molecular complexity index is 115. The van der Waals surface area contributed by atoms with E-state index in [1.54, 1.807) is 14.2 Å². The predicted molar refractivity (Wildman–Crippen MR) is 56.2 cm³/mol. The maximum absolute atomic E-state index is 5.38. The Morgan fingerprint density at radius 1 is 1.08 bits per heavy atom. The number of hydrogen-bond donors (Lipinski definition) is 0. The molecule has 0 aliphatic carbocycles. The van der Waals surface area contributed by atoms with Crippen molar-refractivity contribution in [3.05, 3.63) is 0 Å². The van der Waals surface area contributed by atoms with Crippen molar-refractivity contribution in [1.82, 2.24) is 0 Å². The highest BCUT2D eigenvalue weighted by molar-refractivity contribution is 6.65. The normalized spacial score (nSPS) is 12.0. The third kappa shape index (κ3) is 6.21. The minimum atomic E-state index is -1.84. The molecule has 3 nitrogen and oxygen atoms in total. The van der Waals surface area contributed by atoms with Gasteiger partial charge in [0.05, 0.1) is 0 Å². The largest absolute Gasteiger partial charge is 0.398 e. The van der Waals surface area contributed by atoms with E-state index in [2.05, 4.69) is 13.5 Å². The average molecular weight is 206 g/mol. The molecular formula is C9H22O3Si. The van der Waals surface area contributed by atoms with Crippen molar-refractivity contribution in [1.29, 1.82) is 0 Å². The summed E-state index contributed by atoms with van der Waals surface area (Å²) in [6.45, 7) is 5.87. The molecule has 0 aromatic carbocycles. The fraction of sp³-hybridized carbons (Fsp3) is 1.00. The van der Waals surface area contributed by atoms with E-state index >= 15 is 0 Å². The molecule has 4 heteroatoms. The zero-order valence-electron chi connectivity index (χ0n) is 9.26. The van der Waals surface area contributed by atoms with Crippen molar-refractivity contribution in [2.24, 2.45) is 0 Å². The molecule has 0 atom stereocenters. The van der Waals surface area contributed by atoms with Gasteiger partial charge < -0.3 is 13.6 Å². The molecule has 0 fully saturated rings. The van der Waals surface area contributed by atoms with E-state index in [1.165, 1.54) is 0 Å². The molecule has 13 heavy (non-hydrogen) atoms. The average Bonchev–Trinajstić information content (AvgIpc) is 2.17. The minimum Gasteiger partial charge on any atom is -0.398 e. The van der Waals surface area contributed by atoms with Crippen LogP contribution in [-0.2, 0) is 13.6 Å².